The quantitative estimate of drug-likeness (QED) is 0.545. The molecule has 0 aliphatic rings. The van der Waals surface area contributed by atoms with Crippen LogP contribution in [-0.4, -0.2) is 38.6 Å². The van der Waals surface area contributed by atoms with Crippen LogP contribution >= 0.6 is 0 Å². The van der Waals surface area contributed by atoms with Crippen molar-refractivity contribution >= 4 is 0 Å². The zero-order valence-corrected chi connectivity index (χ0v) is 10.3. The van der Waals surface area contributed by atoms with Crippen molar-refractivity contribution in [2.75, 3.05) is 33.7 Å². The summed E-state index contributed by atoms with van der Waals surface area (Å²) in [7, 11) is 4.27. The van der Waals surface area contributed by atoms with Gasteiger partial charge in [0.15, 0.2) is 0 Å². The first-order valence-corrected chi connectivity index (χ1v) is 6.12. The molecule has 0 aliphatic heterocycles. The fourth-order valence-corrected chi connectivity index (χ4v) is 1.48. The van der Waals surface area contributed by atoms with Gasteiger partial charge in [-0.3, -0.25) is 0 Å². The Kier molecular flexibility index (Phi) is 10.9. The molecule has 14 heavy (non-hydrogen) atoms. The van der Waals surface area contributed by atoms with E-state index in [-0.39, 0.29) is 0 Å². The van der Waals surface area contributed by atoms with Crippen LogP contribution in [0, 0.1) is 0 Å². The number of hydrogen-bond acceptors (Lipinski definition) is 2. The Morgan fingerprint density at radius 1 is 0.857 bits per heavy atom. The first-order chi connectivity index (χ1) is 6.77. The van der Waals surface area contributed by atoms with Crippen molar-refractivity contribution in [3.8, 4) is 0 Å². The molecule has 0 aromatic heterocycles. The zero-order chi connectivity index (χ0) is 10.6. The van der Waals surface area contributed by atoms with Gasteiger partial charge in [-0.15, -0.1) is 0 Å². The third kappa shape index (κ3) is 11.9. The number of nitrogens with zero attached hydrogens (tertiary/aromatic N) is 1. The summed E-state index contributed by atoms with van der Waals surface area (Å²) in [5.41, 5.74) is 0. The molecule has 0 atom stereocenters. The molecule has 86 valence electrons. The van der Waals surface area contributed by atoms with Crippen molar-refractivity contribution < 1.29 is 0 Å². The van der Waals surface area contributed by atoms with Crippen molar-refractivity contribution in [2.24, 2.45) is 0 Å². The standard InChI is InChI=1S/C12H28N2/c1-4-5-6-7-10-13-11-8-9-12-14(2)3/h13H,4-12H2,1-3H3. The molecular formula is C12H28N2. The van der Waals surface area contributed by atoms with Crippen molar-refractivity contribution in [3.63, 3.8) is 0 Å². The van der Waals surface area contributed by atoms with E-state index in [1.807, 2.05) is 0 Å². The lowest BCUT2D eigenvalue weighted by Crippen LogP contribution is -2.19. The molecule has 0 amide bonds. The lowest BCUT2D eigenvalue weighted by molar-refractivity contribution is 0.391. The summed E-state index contributed by atoms with van der Waals surface area (Å²) >= 11 is 0. The molecule has 0 rings (SSSR count). The van der Waals surface area contributed by atoms with Gasteiger partial charge < -0.3 is 10.2 Å². The molecule has 0 aliphatic carbocycles. The number of rotatable bonds is 10. The van der Waals surface area contributed by atoms with Gasteiger partial charge in [-0.1, -0.05) is 26.2 Å². The van der Waals surface area contributed by atoms with Crippen molar-refractivity contribution in [1.29, 1.82) is 0 Å². The molecular weight excluding hydrogens is 172 g/mol. The Balaban J connectivity index is 2.85. The summed E-state index contributed by atoms with van der Waals surface area (Å²) in [5, 5.41) is 3.50. The molecule has 0 heterocycles. The highest BCUT2D eigenvalue weighted by Gasteiger charge is 1.91. The predicted octanol–water partition coefficient (Wildman–Crippen LogP) is 2.50. The van der Waals surface area contributed by atoms with Crippen LogP contribution in [0.3, 0.4) is 0 Å². The second kappa shape index (κ2) is 11.0. The molecule has 0 aromatic rings. The Bertz CT molecular complexity index is 102. The maximum absolute atomic E-state index is 3.50. The maximum Gasteiger partial charge on any atom is -0.00244 e. The first-order valence-electron chi connectivity index (χ1n) is 6.12. The summed E-state index contributed by atoms with van der Waals surface area (Å²) in [6.07, 6.45) is 8.09. The third-order valence-corrected chi connectivity index (χ3v) is 2.42. The van der Waals surface area contributed by atoms with Crippen LogP contribution in [0.2, 0.25) is 0 Å². The molecule has 0 saturated heterocycles. The lowest BCUT2D eigenvalue weighted by atomic mass is 10.2. The maximum atomic E-state index is 3.50. The minimum atomic E-state index is 1.19. The van der Waals surface area contributed by atoms with E-state index in [1.54, 1.807) is 0 Å². The van der Waals surface area contributed by atoms with Gasteiger partial charge in [0, 0.05) is 0 Å². The monoisotopic (exact) mass is 200 g/mol. The molecule has 0 radical (unpaired) electrons. The normalized spacial score (nSPS) is 11.1. The van der Waals surface area contributed by atoms with Crippen molar-refractivity contribution in [3.05, 3.63) is 0 Å². The second-order valence-corrected chi connectivity index (χ2v) is 4.32. The van der Waals surface area contributed by atoms with Crippen LogP contribution in [0.15, 0.2) is 0 Å². The largest absolute Gasteiger partial charge is 0.317 e. The van der Waals surface area contributed by atoms with Gasteiger partial charge in [-0.05, 0) is 53.0 Å². The van der Waals surface area contributed by atoms with Gasteiger partial charge >= 0.3 is 0 Å². The minimum absolute atomic E-state index is 1.19. The topological polar surface area (TPSA) is 15.3 Å². The van der Waals surface area contributed by atoms with Crippen LogP contribution < -0.4 is 5.32 Å². The number of nitrogens with one attached hydrogen (secondary N) is 1. The second-order valence-electron chi connectivity index (χ2n) is 4.32. The summed E-state index contributed by atoms with van der Waals surface area (Å²) in [4.78, 5) is 2.25. The average Bonchev–Trinajstić information content (AvgIpc) is 2.15. The summed E-state index contributed by atoms with van der Waals surface area (Å²) in [5.74, 6) is 0. The highest BCUT2D eigenvalue weighted by Crippen LogP contribution is 1.97. The third-order valence-electron chi connectivity index (χ3n) is 2.42. The fourth-order valence-electron chi connectivity index (χ4n) is 1.48. The molecule has 2 heteroatoms. The molecule has 0 fully saturated rings. The van der Waals surface area contributed by atoms with E-state index in [0.717, 1.165) is 0 Å². The molecule has 0 unspecified atom stereocenters. The Hall–Kier alpha value is -0.0800. The average molecular weight is 200 g/mol. The van der Waals surface area contributed by atoms with E-state index < -0.39 is 0 Å². The van der Waals surface area contributed by atoms with Gasteiger partial charge in [-0.25, -0.2) is 0 Å². The Labute approximate surface area is 90.1 Å². The van der Waals surface area contributed by atoms with Crippen LogP contribution in [0.5, 0.6) is 0 Å². The van der Waals surface area contributed by atoms with E-state index in [4.69, 9.17) is 0 Å². The molecule has 2 nitrogen and oxygen atoms in total. The highest BCUT2D eigenvalue weighted by molar-refractivity contribution is 4.51. The lowest BCUT2D eigenvalue weighted by Gasteiger charge is -2.09. The molecule has 0 spiro atoms. The predicted molar refractivity (Wildman–Crippen MR) is 64.8 cm³/mol. The van der Waals surface area contributed by atoms with E-state index >= 15 is 0 Å². The Morgan fingerprint density at radius 2 is 1.50 bits per heavy atom. The molecule has 0 saturated carbocycles. The van der Waals surface area contributed by atoms with Crippen LogP contribution in [0.1, 0.15) is 45.4 Å². The summed E-state index contributed by atoms with van der Waals surface area (Å²) < 4.78 is 0. The van der Waals surface area contributed by atoms with E-state index in [9.17, 15) is 0 Å². The smallest absolute Gasteiger partial charge is 0.00244 e. The van der Waals surface area contributed by atoms with E-state index in [1.165, 1.54) is 58.2 Å². The summed E-state index contributed by atoms with van der Waals surface area (Å²) in [6.45, 7) is 5.88. The molecule has 1 N–H and O–H groups in total. The molecule has 0 bridgehead atoms. The highest BCUT2D eigenvalue weighted by atomic mass is 15.0. The summed E-state index contributed by atoms with van der Waals surface area (Å²) in [6, 6.07) is 0. The van der Waals surface area contributed by atoms with Gasteiger partial charge in [0.2, 0.25) is 0 Å². The van der Waals surface area contributed by atoms with Crippen LogP contribution in [-0.2, 0) is 0 Å². The first kappa shape index (κ1) is 13.9. The van der Waals surface area contributed by atoms with Crippen molar-refractivity contribution in [2.45, 2.75) is 45.4 Å². The van der Waals surface area contributed by atoms with Crippen LogP contribution in [0.25, 0.3) is 0 Å². The SMILES string of the molecule is CCCCCCNCCCCN(C)C. The van der Waals surface area contributed by atoms with Crippen LogP contribution in [0.4, 0.5) is 0 Å². The van der Waals surface area contributed by atoms with E-state index in [0.29, 0.717) is 0 Å². The Morgan fingerprint density at radius 3 is 2.07 bits per heavy atom. The van der Waals surface area contributed by atoms with Crippen molar-refractivity contribution in [1.82, 2.24) is 10.2 Å². The van der Waals surface area contributed by atoms with Gasteiger partial charge in [0.1, 0.15) is 0 Å². The minimum Gasteiger partial charge on any atom is -0.317 e. The van der Waals surface area contributed by atoms with E-state index in [2.05, 4.69) is 31.2 Å². The van der Waals surface area contributed by atoms with Gasteiger partial charge in [0.05, 0.1) is 0 Å². The molecule has 0 aromatic carbocycles. The fraction of sp³-hybridized carbons (Fsp3) is 1.00. The number of unbranched alkanes of at least 4 members (excludes halogenated alkanes) is 4. The van der Waals surface area contributed by atoms with Gasteiger partial charge in [0.25, 0.3) is 0 Å². The van der Waals surface area contributed by atoms with Gasteiger partial charge in [-0.2, -0.15) is 0 Å². The zero-order valence-electron chi connectivity index (χ0n) is 10.3. The number of hydrogen-bond donors (Lipinski definition) is 1.